The lowest BCUT2D eigenvalue weighted by molar-refractivity contribution is -0.132. The fourth-order valence-electron chi connectivity index (χ4n) is 3.38. The molecule has 1 amide bonds. The Bertz CT molecular complexity index is 1000. The van der Waals surface area contributed by atoms with Gasteiger partial charge in [-0.2, -0.15) is 0 Å². The van der Waals surface area contributed by atoms with Crippen molar-refractivity contribution in [2.75, 3.05) is 4.90 Å². The molecule has 1 heterocycles. The van der Waals surface area contributed by atoms with Gasteiger partial charge in [-0.25, -0.2) is 8.78 Å². The Morgan fingerprint density at radius 2 is 1.65 bits per heavy atom. The molecule has 0 unspecified atom stereocenters. The second-order valence-corrected chi connectivity index (χ2v) is 6.22. The lowest BCUT2D eigenvalue weighted by atomic mass is 9.87. The summed E-state index contributed by atoms with van der Waals surface area (Å²) < 4.78 is 27.8. The van der Waals surface area contributed by atoms with Gasteiger partial charge in [0.05, 0.1) is 12.2 Å². The monoisotopic (exact) mass is 351 g/mol. The van der Waals surface area contributed by atoms with Gasteiger partial charge in [0.25, 0.3) is 5.91 Å². The van der Waals surface area contributed by atoms with E-state index in [1.807, 2.05) is 0 Å². The zero-order chi connectivity index (χ0) is 18.3. The highest BCUT2D eigenvalue weighted by atomic mass is 19.1. The van der Waals surface area contributed by atoms with Gasteiger partial charge in [0.2, 0.25) is 0 Å². The van der Waals surface area contributed by atoms with Crippen LogP contribution in [0.15, 0.2) is 72.8 Å². The number of nitrogens with zero attached hydrogens (tertiary/aromatic N) is 1. The Balaban J connectivity index is 1.84. The Morgan fingerprint density at radius 3 is 2.42 bits per heavy atom. The molecule has 1 aliphatic heterocycles. The third-order valence-corrected chi connectivity index (χ3v) is 4.67. The molecule has 0 spiro atoms. The molecule has 0 saturated carbocycles. The van der Waals surface area contributed by atoms with E-state index in [4.69, 9.17) is 0 Å². The number of para-hydroxylation sites is 1. The fraction of sp³-hybridized carbons (Fsp3) is 0.0952. The van der Waals surface area contributed by atoms with Crippen molar-refractivity contribution in [2.45, 2.75) is 12.1 Å². The van der Waals surface area contributed by atoms with Gasteiger partial charge in [-0.3, -0.25) is 4.79 Å². The number of amides is 1. The van der Waals surface area contributed by atoms with Crippen LogP contribution in [0, 0.1) is 11.6 Å². The molecule has 0 aromatic heterocycles. The summed E-state index contributed by atoms with van der Waals surface area (Å²) in [4.78, 5) is 14.5. The summed E-state index contributed by atoms with van der Waals surface area (Å²) in [5.74, 6) is -1.61. The van der Waals surface area contributed by atoms with E-state index in [2.05, 4.69) is 0 Å². The average molecular weight is 351 g/mol. The minimum atomic E-state index is -2.01. The van der Waals surface area contributed by atoms with Gasteiger partial charge in [0, 0.05) is 16.7 Å². The maximum Gasteiger partial charge on any atom is 0.268 e. The van der Waals surface area contributed by atoms with Crippen molar-refractivity contribution in [1.29, 1.82) is 0 Å². The van der Waals surface area contributed by atoms with Crippen LogP contribution >= 0.6 is 0 Å². The molecule has 3 aromatic carbocycles. The van der Waals surface area contributed by atoms with Crippen LogP contribution in [0.3, 0.4) is 0 Å². The molecule has 3 aromatic rings. The molecular formula is C21H15F2NO2. The van der Waals surface area contributed by atoms with Gasteiger partial charge >= 0.3 is 0 Å². The molecule has 130 valence electrons. The summed E-state index contributed by atoms with van der Waals surface area (Å²) in [5.41, 5.74) is -0.700. The minimum absolute atomic E-state index is 0.0276. The summed E-state index contributed by atoms with van der Waals surface area (Å²) in [6, 6.07) is 18.2. The minimum Gasteiger partial charge on any atom is -0.372 e. The molecule has 3 nitrogen and oxygen atoms in total. The van der Waals surface area contributed by atoms with Crippen molar-refractivity contribution in [3.63, 3.8) is 0 Å². The number of fused-ring (bicyclic) bond motifs is 1. The summed E-state index contributed by atoms with van der Waals surface area (Å²) in [6.07, 6.45) is 0. The quantitative estimate of drug-likeness (QED) is 0.781. The second kappa shape index (κ2) is 6.04. The van der Waals surface area contributed by atoms with E-state index >= 15 is 0 Å². The van der Waals surface area contributed by atoms with E-state index in [0.29, 0.717) is 16.8 Å². The van der Waals surface area contributed by atoms with Gasteiger partial charge in [-0.05, 0) is 24.3 Å². The van der Waals surface area contributed by atoms with Crippen molar-refractivity contribution in [3.05, 3.63) is 101 Å². The zero-order valence-corrected chi connectivity index (χ0v) is 13.7. The molecule has 5 heteroatoms. The highest BCUT2D eigenvalue weighted by Crippen LogP contribution is 2.45. The van der Waals surface area contributed by atoms with Crippen molar-refractivity contribution in [2.24, 2.45) is 0 Å². The van der Waals surface area contributed by atoms with Crippen LogP contribution in [0.1, 0.15) is 16.7 Å². The Labute approximate surface area is 149 Å². The molecule has 0 fully saturated rings. The number of benzene rings is 3. The highest BCUT2D eigenvalue weighted by Gasteiger charge is 2.51. The van der Waals surface area contributed by atoms with Crippen LogP contribution in [0.4, 0.5) is 14.5 Å². The normalized spacial score (nSPS) is 18.9. The molecular weight excluding hydrogens is 336 g/mol. The summed E-state index contributed by atoms with van der Waals surface area (Å²) in [6.45, 7) is -0.0276. The fourth-order valence-corrected chi connectivity index (χ4v) is 3.38. The molecule has 4 rings (SSSR count). The molecule has 1 atom stereocenters. The van der Waals surface area contributed by atoms with E-state index < -0.39 is 23.1 Å². The van der Waals surface area contributed by atoms with Crippen LogP contribution in [-0.4, -0.2) is 11.0 Å². The van der Waals surface area contributed by atoms with E-state index in [9.17, 15) is 18.7 Å². The summed E-state index contributed by atoms with van der Waals surface area (Å²) >= 11 is 0. The van der Waals surface area contributed by atoms with Gasteiger partial charge in [0.1, 0.15) is 11.6 Å². The van der Waals surface area contributed by atoms with Crippen LogP contribution in [0.2, 0.25) is 0 Å². The van der Waals surface area contributed by atoms with E-state index in [-0.39, 0.29) is 12.1 Å². The Kier molecular flexibility index (Phi) is 3.81. The van der Waals surface area contributed by atoms with Crippen molar-refractivity contribution < 1.29 is 18.7 Å². The van der Waals surface area contributed by atoms with Crippen molar-refractivity contribution in [1.82, 2.24) is 0 Å². The molecule has 0 aliphatic carbocycles. The number of hydrogen-bond donors (Lipinski definition) is 1. The van der Waals surface area contributed by atoms with Crippen LogP contribution in [-0.2, 0) is 16.9 Å². The van der Waals surface area contributed by atoms with Crippen LogP contribution in [0.5, 0.6) is 0 Å². The first-order valence-electron chi connectivity index (χ1n) is 8.15. The SMILES string of the molecule is O=C1N(Cc2ccccc2F)c2ccccc2[C@]1(O)c1cccc(F)c1. The lowest BCUT2D eigenvalue weighted by Crippen LogP contribution is -2.41. The van der Waals surface area contributed by atoms with Crippen molar-refractivity contribution in [3.8, 4) is 0 Å². The van der Waals surface area contributed by atoms with E-state index in [1.54, 1.807) is 42.5 Å². The summed E-state index contributed by atoms with van der Waals surface area (Å²) in [5, 5.41) is 11.3. The molecule has 1 aliphatic rings. The Hall–Kier alpha value is -3.05. The standard InChI is InChI=1S/C21H15F2NO2/c22-16-8-5-7-15(12-16)21(26)17-9-2-4-11-19(17)24(20(21)25)13-14-6-1-3-10-18(14)23/h1-12,26H,13H2/t21-/m1/s1. The number of rotatable bonds is 3. The van der Waals surface area contributed by atoms with E-state index in [0.717, 1.165) is 6.07 Å². The second-order valence-electron chi connectivity index (χ2n) is 6.22. The predicted molar refractivity (Wildman–Crippen MR) is 93.4 cm³/mol. The number of hydrogen-bond acceptors (Lipinski definition) is 2. The largest absolute Gasteiger partial charge is 0.372 e. The number of carbonyl (C=O) groups is 1. The molecule has 26 heavy (non-hydrogen) atoms. The number of carbonyl (C=O) groups excluding carboxylic acids is 1. The summed E-state index contributed by atoms with van der Waals surface area (Å²) in [7, 11) is 0. The predicted octanol–water partition coefficient (Wildman–Crippen LogP) is 3.75. The van der Waals surface area contributed by atoms with Gasteiger partial charge in [-0.1, -0.05) is 48.5 Å². The maximum atomic E-state index is 14.1. The molecule has 0 bridgehead atoms. The zero-order valence-electron chi connectivity index (χ0n) is 13.7. The number of aliphatic hydroxyl groups is 1. The highest BCUT2D eigenvalue weighted by molar-refractivity contribution is 6.09. The van der Waals surface area contributed by atoms with Crippen molar-refractivity contribution >= 4 is 11.6 Å². The molecule has 1 N–H and O–H groups in total. The molecule has 0 radical (unpaired) electrons. The maximum absolute atomic E-state index is 14.1. The van der Waals surface area contributed by atoms with Gasteiger partial charge in [0.15, 0.2) is 5.60 Å². The third kappa shape index (κ3) is 2.40. The first kappa shape index (κ1) is 16.4. The van der Waals surface area contributed by atoms with E-state index in [1.165, 1.54) is 29.2 Å². The van der Waals surface area contributed by atoms with Gasteiger partial charge in [-0.15, -0.1) is 0 Å². The van der Waals surface area contributed by atoms with Crippen LogP contribution < -0.4 is 4.90 Å². The van der Waals surface area contributed by atoms with Crippen LogP contribution in [0.25, 0.3) is 0 Å². The third-order valence-electron chi connectivity index (χ3n) is 4.67. The smallest absolute Gasteiger partial charge is 0.268 e. The topological polar surface area (TPSA) is 40.5 Å². The number of halogens is 2. The Morgan fingerprint density at radius 1 is 0.923 bits per heavy atom. The first-order chi connectivity index (χ1) is 12.5. The number of anilines is 1. The average Bonchev–Trinajstić information content (AvgIpc) is 2.87. The lowest BCUT2D eigenvalue weighted by Gasteiger charge is -2.24. The molecule has 0 saturated heterocycles. The van der Waals surface area contributed by atoms with Gasteiger partial charge < -0.3 is 10.0 Å². The first-order valence-corrected chi connectivity index (χ1v) is 8.15.